The highest BCUT2D eigenvalue weighted by Gasteiger charge is 2.24. The second-order valence-electron chi connectivity index (χ2n) is 26.2. The minimum atomic E-state index is 0.615. The minimum Gasteiger partial charge on any atom is -0.456 e. The Kier molecular flexibility index (Phi) is 11.4. The van der Waals surface area contributed by atoms with E-state index in [2.05, 4.69) is 264 Å². The summed E-state index contributed by atoms with van der Waals surface area (Å²) in [5, 5.41) is 21.3. The maximum absolute atomic E-state index is 6.34. The Balaban J connectivity index is 0.000000128. The number of benzene rings is 15. The van der Waals surface area contributed by atoms with Gasteiger partial charge in [-0.25, -0.2) is 24.9 Å². The van der Waals surface area contributed by atoms with Crippen molar-refractivity contribution in [3.8, 4) is 68.1 Å². The first-order chi connectivity index (χ1) is 49.5. The third-order valence-electron chi connectivity index (χ3n) is 20.6. The minimum absolute atomic E-state index is 0.615. The first-order valence-corrected chi connectivity index (χ1v) is 33.8. The Morgan fingerprint density at radius 2 is 0.580 bits per heavy atom. The zero-order chi connectivity index (χ0) is 65.3. The van der Waals surface area contributed by atoms with Crippen LogP contribution in [0.1, 0.15) is 0 Å². The van der Waals surface area contributed by atoms with Gasteiger partial charge in [-0.05, 0) is 142 Å². The van der Waals surface area contributed by atoms with E-state index in [1.54, 1.807) is 0 Å². The Morgan fingerprint density at radius 3 is 1.19 bits per heavy atom. The van der Waals surface area contributed by atoms with Crippen molar-refractivity contribution in [2.75, 3.05) is 0 Å². The fraction of sp³-hybridized carbons (Fsp3) is 0. The number of nitrogens with zero attached hydrogens (tertiary/aromatic N) is 7. The highest BCUT2D eigenvalue weighted by atomic mass is 16.3. The molecule has 0 amide bonds. The summed E-state index contributed by atoms with van der Waals surface area (Å²) < 4.78 is 17.4. The van der Waals surface area contributed by atoms with Gasteiger partial charge >= 0.3 is 0 Å². The van der Waals surface area contributed by atoms with E-state index < -0.39 is 0 Å². The molecule has 0 radical (unpaired) electrons. The smallest absolute Gasteiger partial charge is 0.164 e. The molecule has 0 saturated carbocycles. The molecule has 0 bridgehead atoms. The molecule has 15 aromatic carbocycles. The van der Waals surface area contributed by atoms with Crippen molar-refractivity contribution in [2.24, 2.45) is 0 Å². The number of para-hydroxylation sites is 3. The summed E-state index contributed by atoms with van der Waals surface area (Å²) >= 11 is 0. The van der Waals surface area contributed by atoms with Crippen LogP contribution in [0.25, 0.3) is 220 Å². The number of fused-ring (bicyclic) bond motifs is 17. The van der Waals surface area contributed by atoms with Crippen molar-refractivity contribution in [3.05, 3.63) is 309 Å². The van der Waals surface area contributed by atoms with Crippen LogP contribution in [-0.2, 0) is 0 Å². The number of furan rings is 2. The van der Waals surface area contributed by atoms with Crippen molar-refractivity contribution in [2.45, 2.75) is 0 Å². The number of aromatic nitrogens is 7. The van der Waals surface area contributed by atoms with Gasteiger partial charge in [0.25, 0.3) is 0 Å². The van der Waals surface area contributed by atoms with Gasteiger partial charge in [-0.1, -0.05) is 200 Å². The SMILES string of the molecule is c1ccc(-c2nc(-c3ccc4oc5cc6ccccc6cc5c4c3)nc(-c3cc4c5cccc6cccc(c65)n5c6ccccc6c(c3)c45)n2)cc1.c1ccc(-c2nc(-c3ccc4oc5ccccc5c4c3)cc(-c3cc4c5cccc6cccc(c65)n5c6ccccc6c(c3)c45)n2)cc1. The van der Waals surface area contributed by atoms with E-state index in [1.165, 1.54) is 103 Å². The molecule has 8 heterocycles. The molecule has 100 heavy (non-hydrogen) atoms. The van der Waals surface area contributed by atoms with E-state index in [4.69, 9.17) is 33.8 Å². The maximum Gasteiger partial charge on any atom is 0.164 e. The molecule has 23 aromatic rings. The number of hydrogen-bond acceptors (Lipinski definition) is 7. The van der Waals surface area contributed by atoms with Crippen molar-refractivity contribution in [1.29, 1.82) is 0 Å². The van der Waals surface area contributed by atoms with E-state index in [0.717, 1.165) is 94.0 Å². The van der Waals surface area contributed by atoms with Gasteiger partial charge < -0.3 is 17.6 Å². The van der Waals surface area contributed by atoms with Crippen LogP contribution >= 0.6 is 0 Å². The van der Waals surface area contributed by atoms with Gasteiger partial charge in [0.2, 0.25) is 0 Å². The van der Waals surface area contributed by atoms with Crippen molar-refractivity contribution >= 4 is 152 Å². The first-order valence-electron chi connectivity index (χ1n) is 33.8. The topological polar surface area (TPSA) is 99.5 Å². The quantitative estimate of drug-likeness (QED) is 0.121. The molecule has 23 rings (SSSR count). The van der Waals surface area contributed by atoms with E-state index in [9.17, 15) is 0 Å². The van der Waals surface area contributed by atoms with Crippen LogP contribution in [0.2, 0.25) is 0 Å². The molecule has 9 heteroatoms. The molecule has 462 valence electrons. The lowest BCUT2D eigenvalue weighted by atomic mass is 9.96. The van der Waals surface area contributed by atoms with Crippen LogP contribution in [0.15, 0.2) is 318 Å². The predicted molar refractivity (Wildman–Crippen MR) is 411 cm³/mol. The van der Waals surface area contributed by atoms with Crippen molar-refractivity contribution in [1.82, 2.24) is 33.7 Å². The lowest BCUT2D eigenvalue weighted by Gasteiger charge is -2.14. The molecule has 0 saturated heterocycles. The second kappa shape index (κ2) is 20.9. The zero-order valence-electron chi connectivity index (χ0n) is 53.4. The fourth-order valence-electron chi connectivity index (χ4n) is 16.1. The maximum atomic E-state index is 6.34. The van der Waals surface area contributed by atoms with Crippen LogP contribution in [0.4, 0.5) is 0 Å². The van der Waals surface area contributed by atoms with E-state index in [-0.39, 0.29) is 0 Å². The van der Waals surface area contributed by atoms with E-state index >= 15 is 0 Å². The Hall–Kier alpha value is -13.6. The molecule has 8 aromatic heterocycles. The lowest BCUT2D eigenvalue weighted by molar-refractivity contribution is 0.669. The summed E-state index contributed by atoms with van der Waals surface area (Å²) in [5.74, 6) is 2.58. The molecule has 0 aliphatic rings. The highest BCUT2D eigenvalue weighted by molar-refractivity contribution is 6.29. The summed E-state index contributed by atoms with van der Waals surface area (Å²) in [6, 6.07) is 109. The average Bonchev–Trinajstić information content (AvgIpc) is 1.53. The predicted octanol–water partition coefficient (Wildman–Crippen LogP) is 23.9. The third-order valence-corrected chi connectivity index (χ3v) is 20.6. The van der Waals surface area contributed by atoms with Crippen LogP contribution in [0.5, 0.6) is 0 Å². The number of hydrogen-bond donors (Lipinski definition) is 0. The molecule has 0 aliphatic carbocycles. The lowest BCUT2D eigenvalue weighted by Crippen LogP contribution is -2.00. The third kappa shape index (κ3) is 8.14. The van der Waals surface area contributed by atoms with Gasteiger partial charge in [0, 0.05) is 98.0 Å². The zero-order valence-corrected chi connectivity index (χ0v) is 53.4. The number of pyridine rings is 2. The van der Waals surface area contributed by atoms with Gasteiger partial charge in [0.1, 0.15) is 22.3 Å². The molecule has 0 unspecified atom stereocenters. The monoisotopic (exact) mass is 1270 g/mol. The summed E-state index contributed by atoms with van der Waals surface area (Å²) in [6.45, 7) is 0. The standard InChI is InChI=1S/C47H26N4O.C44H25N3O/c1-2-10-28(11-3-1)45-48-46(31-20-21-41-35(23-31)36-22-29-12-4-5-13-30(29)26-42(36)52-41)50-47(49-45)32-24-37-33-16-6-7-18-39(33)51-40-19-9-15-27-14-8-17-34(43(27)40)38(25-32)44(37)51;1-2-10-27(11-3-1)44-45-36(28-20-21-41-33(22-28)31-15-5-7-19-40(31)48-41)25-37(46-44)29-23-34-30-14-4-6-17-38(30)47-39-18-9-13-26-12-8-16-32(42(26)39)35(24-29)43(34)47/h1-26H;1-25H. The van der Waals surface area contributed by atoms with Gasteiger partial charge in [-0.15, -0.1) is 0 Å². The Morgan fingerprint density at radius 1 is 0.200 bits per heavy atom. The van der Waals surface area contributed by atoms with Crippen LogP contribution in [0.3, 0.4) is 0 Å². The summed E-state index contributed by atoms with van der Waals surface area (Å²) in [4.78, 5) is 25.9. The summed E-state index contributed by atoms with van der Waals surface area (Å²) in [5.41, 5.74) is 18.3. The second-order valence-corrected chi connectivity index (χ2v) is 26.2. The van der Waals surface area contributed by atoms with Crippen LogP contribution in [0, 0.1) is 0 Å². The number of rotatable bonds is 6. The average molecular weight is 1270 g/mol. The fourth-order valence-corrected chi connectivity index (χ4v) is 16.1. The van der Waals surface area contributed by atoms with Gasteiger partial charge in [0.05, 0.1) is 44.5 Å². The van der Waals surface area contributed by atoms with Crippen LogP contribution in [-0.4, -0.2) is 33.7 Å². The molecule has 9 nitrogen and oxygen atoms in total. The molecule has 0 fully saturated rings. The van der Waals surface area contributed by atoms with Crippen molar-refractivity contribution in [3.63, 3.8) is 0 Å². The molecular weight excluding hydrogens is 1220 g/mol. The van der Waals surface area contributed by atoms with Crippen LogP contribution < -0.4 is 0 Å². The van der Waals surface area contributed by atoms with Gasteiger partial charge in [0.15, 0.2) is 23.3 Å². The first kappa shape index (κ1) is 54.6. The van der Waals surface area contributed by atoms with E-state index in [1.807, 2.05) is 54.6 Å². The molecule has 0 atom stereocenters. The largest absolute Gasteiger partial charge is 0.456 e. The molecule has 0 spiro atoms. The molecule has 0 aliphatic heterocycles. The van der Waals surface area contributed by atoms with Crippen molar-refractivity contribution < 1.29 is 8.83 Å². The summed E-state index contributed by atoms with van der Waals surface area (Å²) in [7, 11) is 0. The van der Waals surface area contributed by atoms with E-state index in [0.29, 0.717) is 23.3 Å². The summed E-state index contributed by atoms with van der Waals surface area (Å²) in [6.07, 6.45) is 0. The normalized spacial score (nSPS) is 12.2. The van der Waals surface area contributed by atoms with Gasteiger partial charge in [-0.2, -0.15) is 0 Å². The highest BCUT2D eigenvalue weighted by Crippen LogP contribution is 2.46. The Labute approximate surface area is 569 Å². The molecular formula is C91H51N7O2. The van der Waals surface area contributed by atoms with Gasteiger partial charge in [-0.3, -0.25) is 0 Å². The Bertz CT molecular complexity index is 7340. The molecule has 0 N–H and O–H groups in total.